The van der Waals surface area contributed by atoms with Crippen LogP contribution >= 0.6 is 27.3 Å². The normalized spacial score (nSPS) is 12.1. The minimum Gasteiger partial charge on any atom is -0.493 e. The second kappa shape index (κ2) is 6.68. The zero-order valence-electron chi connectivity index (χ0n) is 12.3. The topological polar surface area (TPSA) is 47.9 Å². The Morgan fingerprint density at radius 3 is 2.24 bits per heavy atom. The van der Waals surface area contributed by atoms with E-state index in [-0.39, 0.29) is 0 Å². The van der Waals surface area contributed by atoms with Crippen molar-refractivity contribution in [3.05, 3.63) is 38.0 Å². The lowest BCUT2D eigenvalue weighted by Crippen LogP contribution is -2.03. The number of ether oxygens (including phenoxy) is 3. The smallest absolute Gasteiger partial charge is 0.203 e. The van der Waals surface area contributed by atoms with Crippen LogP contribution in [0.15, 0.2) is 22.7 Å². The number of aliphatic hydroxyl groups is 1. The summed E-state index contributed by atoms with van der Waals surface area (Å²) >= 11 is 5.00. The Kier molecular flexibility index (Phi) is 5.13. The molecule has 1 aromatic heterocycles. The highest BCUT2D eigenvalue weighted by Crippen LogP contribution is 2.44. The molecule has 1 heterocycles. The molecular weight excluding hydrogens is 356 g/mol. The van der Waals surface area contributed by atoms with Gasteiger partial charge in [-0.3, -0.25) is 0 Å². The molecule has 1 atom stereocenters. The van der Waals surface area contributed by atoms with Crippen molar-refractivity contribution in [2.24, 2.45) is 0 Å². The summed E-state index contributed by atoms with van der Waals surface area (Å²) in [6, 6.07) is 5.46. The summed E-state index contributed by atoms with van der Waals surface area (Å²) in [6.45, 7) is 2.00. The van der Waals surface area contributed by atoms with Crippen LogP contribution in [0.3, 0.4) is 0 Å². The summed E-state index contributed by atoms with van der Waals surface area (Å²) in [5, 5.41) is 10.6. The average molecular weight is 373 g/mol. The maximum Gasteiger partial charge on any atom is 0.203 e. The first-order valence-corrected chi connectivity index (χ1v) is 7.87. The van der Waals surface area contributed by atoms with E-state index in [1.807, 2.05) is 13.0 Å². The number of rotatable bonds is 5. The van der Waals surface area contributed by atoms with E-state index in [2.05, 4.69) is 15.9 Å². The third-order valence-electron chi connectivity index (χ3n) is 3.17. The van der Waals surface area contributed by atoms with Gasteiger partial charge in [-0.1, -0.05) is 0 Å². The Bertz CT molecular complexity index is 619. The van der Waals surface area contributed by atoms with Crippen LogP contribution < -0.4 is 14.2 Å². The number of hydrogen-bond acceptors (Lipinski definition) is 5. The minimum absolute atomic E-state index is 0.476. The standard InChI is InChI=1S/C15H17BrO4S/c1-8-10(16)7-12(21-8)13(17)9-5-6-11(18-2)15(20-4)14(9)19-3/h5-7,13,17H,1-4H3. The Balaban J connectivity index is 2.52. The van der Waals surface area contributed by atoms with Crippen molar-refractivity contribution < 1.29 is 19.3 Å². The van der Waals surface area contributed by atoms with E-state index in [4.69, 9.17) is 14.2 Å². The van der Waals surface area contributed by atoms with Gasteiger partial charge in [0.15, 0.2) is 11.5 Å². The highest BCUT2D eigenvalue weighted by molar-refractivity contribution is 9.10. The fourth-order valence-electron chi connectivity index (χ4n) is 2.11. The number of hydrogen-bond donors (Lipinski definition) is 1. The maximum atomic E-state index is 10.6. The van der Waals surface area contributed by atoms with Gasteiger partial charge in [-0.2, -0.15) is 0 Å². The SMILES string of the molecule is COc1ccc(C(O)c2cc(Br)c(C)s2)c(OC)c1OC. The van der Waals surface area contributed by atoms with Crippen LogP contribution in [0.1, 0.15) is 21.4 Å². The molecule has 1 unspecified atom stereocenters. The maximum absolute atomic E-state index is 10.6. The molecular formula is C15H17BrO4S. The van der Waals surface area contributed by atoms with Gasteiger partial charge in [0.25, 0.3) is 0 Å². The van der Waals surface area contributed by atoms with Crippen LogP contribution in [0.4, 0.5) is 0 Å². The van der Waals surface area contributed by atoms with Gasteiger partial charge in [-0.05, 0) is 41.1 Å². The molecule has 0 spiro atoms. The summed E-state index contributed by atoms with van der Waals surface area (Å²) < 4.78 is 17.0. The minimum atomic E-state index is -0.783. The highest BCUT2D eigenvalue weighted by atomic mass is 79.9. The van der Waals surface area contributed by atoms with E-state index >= 15 is 0 Å². The number of aliphatic hydroxyl groups excluding tert-OH is 1. The number of halogens is 1. The van der Waals surface area contributed by atoms with Gasteiger partial charge < -0.3 is 19.3 Å². The molecule has 1 N–H and O–H groups in total. The zero-order chi connectivity index (χ0) is 15.6. The number of thiophene rings is 1. The molecule has 0 aliphatic carbocycles. The van der Waals surface area contributed by atoms with Crippen LogP contribution in [0, 0.1) is 6.92 Å². The molecule has 2 aromatic rings. The molecule has 0 bridgehead atoms. The number of methoxy groups -OCH3 is 3. The van der Waals surface area contributed by atoms with Crippen LogP contribution in [0.2, 0.25) is 0 Å². The predicted molar refractivity (Wildman–Crippen MR) is 86.9 cm³/mol. The second-order valence-corrected chi connectivity index (χ2v) is 6.52. The molecule has 2 rings (SSSR count). The molecule has 0 aliphatic heterocycles. The Morgan fingerprint density at radius 1 is 1.10 bits per heavy atom. The van der Waals surface area contributed by atoms with Crippen molar-refractivity contribution in [1.29, 1.82) is 0 Å². The van der Waals surface area contributed by atoms with E-state index < -0.39 is 6.10 Å². The monoisotopic (exact) mass is 372 g/mol. The number of aryl methyl sites for hydroxylation is 1. The average Bonchev–Trinajstić information content (AvgIpc) is 2.84. The van der Waals surface area contributed by atoms with Gasteiger partial charge in [-0.25, -0.2) is 0 Å². The van der Waals surface area contributed by atoms with Crippen molar-refractivity contribution in [3.8, 4) is 17.2 Å². The largest absolute Gasteiger partial charge is 0.493 e. The van der Waals surface area contributed by atoms with Gasteiger partial charge in [0.1, 0.15) is 6.10 Å². The van der Waals surface area contributed by atoms with Crippen molar-refractivity contribution in [1.82, 2.24) is 0 Å². The van der Waals surface area contributed by atoms with E-state index in [0.29, 0.717) is 22.8 Å². The van der Waals surface area contributed by atoms with Crippen molar-refractivity contribution >= 4 is 27.3 Å². The lowest BCUT2D eigenvalue weighted by molar-refractivity contribution is 0.216. The van der Waals surface area contributed by atoms with Gasteiger partial charge >= 0.3 is 0 Å². The Hall–Kier alpha value is -1.24. The fraction of sp³-hybridized carbons (Fsp3) is 0.333. The highest BCUT2D eigenvalue weighted by Gasteiger charge is 2.23. The fourth-order valence-corrected chi connectivity index (χ4v) is 3.68. The number of benzene rings is 1. The van der Waals surface area contributed by atoms with Crippen molar-refractivity contribution in [2.45, 2.75) is 13.0 Å². The molecule has 0 saturated carbocycles. The molecule has 114 valence electrons. The molecule has 0 aliphatic rings. The molecule has 0 amide bonds. The first-order chi connectivity index (χ1) is 10.0. The zero-order valence-corrected chi connectivity index (χ0v) is 14.7. The van der Waals surface area contributed by atoms with E-state index in [0.717, 1.165) is 14.2 Å². The van der Waals surface area contributed by atoms with Crippen molar-refractivity contribution in [3.63, 3.8) is 0 Å². The van der Waals surface area contributed by atoms with E-state index in [1.165, 1.54) is 11.3 Å². The quantitative estimate of drug-likeness (QED) is 0.863. The van der Waals surface area contributed by atoms with Crippen molar-refractivity contribution in [2.75, 3.05) is 21.3 Å². The second-order valence-electron chi connectivity index (χ2n) is 4.38. The molecule has 0 saturated heterocycles. The Labute approximate surface area is 136 Å². The van der Waals surface area contributed by atoms with Gasteiger partial charge in [0.2, 0.25) is 5.75 Å². The van der Waals surface area contributed by atoms with Crippen LogP contribution in [0.5, 0.6) is 17.2 Å². The molecule has 0 radical (unpaired) electrons. The van der Waals surface area contributed by atoms with Crippen LogP contribution in [-0.4, -0.2) is 26.4 Å². The lowest BCUT2D eigenvalue weighted by Gasteiger charge is -2.18. The molecule has 6 heteroatoms. The molecule has 4 nitrogen and oxygen atoms in total. The molecule has 0 fully saturated rings. The summed E-state index contributed by atoms with van der Waals surface area (Å²) in [6.07, 6.45) is -0.783. The van der Waals surface area contributed by atoms with E-state index in [9.17, 15) is 5.11 Å². The Morgan fingerprint density at radius 2 is 1.76 bits per heavy atom. The first-order valence-electron chi connectivity index (χ1n) is 6.26. The summed E-state index contributed by atoms with van der Waals surface area (Å²) in [7, 11) is 4.65. The van der Waals surface area contributed by atoms with Gasteiger partial charge in [0.05, 0.1) is 21.3 Å². The third kappa shape index (κ3) is 3.02. The first kappa shape index (κ1) is 16.1. The molecule has 1 aromatic carbocycles. The van der Waals surface area contributed by atoms with E-state index in [1.54, 1.807) is 33.5 Å². The summed E-state index contributed by atoms with van der Waals surface area (Å²) in [4.78, 5) is 1.95. The van der Waals surface area contributed by atoms with Gasteiger partial charge in [0, 0.05) is 19.8 Å². The van der Waals surface area contributed by atoms with Crippen LogP contribution in [-0.2, 0) is 0 Å². The molecule has 21 heavy (non-hydrogen) atoms. The lowest BCUT2D eigenvalue weighted by atomic mass is 10.1. The predicted octanol–water partition coefficient (Wildman–Crippen LogP) is 3.93. The van der Waals surface area contributed by atoms with Crippen LogP contribution in [0.25, 0.3) is 0 Å². The third-order valence-corrected chi connectivity index (χ3v) is 5.36. The van der Waals surface area contributed by atoms with Gasteiger partial charge in [-0.15, -0.1) is 11.3 Å². The summed E-state index contributed by atoms with van der Waals surface area (Å²) in [5.41, 5.74) is 0.643. The summed E-state index contributed by atoms with van der Waals surface area (Å²) in [5.74, 6) is 1.52.